The Labute approximate surface area is 128 Å². The maximum absolute atomic E-state index is 14.3. The van der Waals surface area contributed by atoms with Gasteiger partial charge in [0.1, 0.15) is 11.6 Å². The highest BCUT2D eigenvalue weighted by Crippen LogP contribution is 2.40. The molecule has 2 nitrogen and oxygen atoms in total. The van der Waals surface area contributed by atoms with Crippen LogP contribution in [-0.4, -0.2) is 10.2 Å². The van der Waals surface area contributed by atoms with Gasteiger partial charge in [0.2, 0.25) is 0 Å². The minimum Gasteiger partial charge on any atom is -0.508 e. The standard InChI is InChI=1S/C18H18F2O2/c1-18(14-8-16(20)17(22)9-15(14)19)6-2-3-11-7-13(21)5-4-12(11)10-18/h4-5,7-9,21-22H,2-3,6,10H2,1H3. The second-order valence-electron chi connectivity index (χ2n) is 6.33. The van der Waals surface area contributed by atoms with Crippen molar-refractivity contribution >= 4 is 0 Å². The summed E-state index contributed by atoms with van der Waals surface area (Å²) in [5, 5.41) is 18.9. The first-order valence-corrected chi connectivity index (χ1v) is 7.38. The molecule has 2 aromatic carbocycles. The average molecular weight is 304 g/mol. The summed E-state index contributed by atoms with van der Waals surface area (Å²) >= 11 is 0. The van der Waals surface area contributed by atoms with Crippen LogP contribution in [0, 0.1) is 11.6 Å². The highest BCUT2D eigenvalue weighted by Gasteiger charge is 2.33. The molecule has 0 saturated heterocycles. The van der Waals surface area contributed by atoms with Gasteiger partial charge in [0.15, 0.2) is 11.6 Å². The minimum absolute atomic E-state index is 0.226. The lowest BCUT2D eigenvalue weighted by Gasteiger charge is -2.29. The molecule has 1 aliphatic rings. The molecule has 0 heterocycles. The summed E-state index contributed by atoms with van der Waals surface area (Å²) in [5.41, 5.74) is 1.86. The molecular weight excluding hydrogens is 286 g/mol. The Kier molecular flexibility index (Phi) is 3.55. The van der Waals surface area contributed by atoms with E-state index < -0.39 is 22.8 Å². The largest absolute Gasteiger partial charge is 0.508 e. The number of hydrogen-bond donors (Lipinski definition) is 2. The van der Waals surface area contributed by atoms with E-state index in [0.717, 1.165) is 36.1 Å². The molecule has 0 aromatic heterocycles. The normalized spacial score (nSPS) is 21.2. The first-order valence-electron chi connectivity index (χ1n) is 7.38. The number of hydrogen-bond acceptors (Lipinski definition) is 2. The van der Waals surface area contributed by atoms with E-state index in [1.54, 1.807) is 12.1 Å². The summed E-state index contributed by atoms with van der Waals surface area (Å²) in [7, 11) is 0. The van der Waals surface area contributed by atoms with E-state index in [1.165, 1.54) is 0 Å². The third-order valence-corrected chi connectivity index (χ3v) is 4.63. The van der Waals surface area contributed by atoms with Gasteiger partial charge < -0.3 is 10.2 Å². The molecular formula is C18H18F2O2. The number of aromatic hydroxyl groups is 2. The fourth-order valence-electron chi connectivity index (χ4n) is 3.42. The fourth-order valence-corrected chi connectivity index (χ4v) is 3.42. The number of fused-ring (bicyclic) bond motifs is 1. The van der Waals surface area contributed by atoms with Crippen molar-refractivity contribution in [2.45, 2.75) is 38.0 Å². The number of halogens is 2. The smallest absolute Gasteiger partial charge is 0.165 e. The SMILES string of the molecule is CC1(c2cc(F)c(O)cc2F)CCCc2cc(O)ccc2C1. The lowest BCUT2D eigenvalue weighted by atomic mass is 9.75. The third kappa shape index (κ3) is 2.54. The molecule has 4 heteroatoms. The van der Waals surface area contributed by atoms with Crippen LogP contribution in [0.2, 0.25) is 0 Å². The zero-order valence-electron chi connectivity index (χ0n) is 12.4. The molecule has 0 aliphatic heterocycles. The topological polar surface area (TPSA) is 40.5 Å². The van der Waals surface area contributed by atoms with E-state index in [1.807, 2.05) is 13.0 Å². The van der Waals surface area contributed by atoms with Crippen LogP contribution < -0.4 is 0 Å². The van der Waals surface area contributed by atoms with Gasteiger partial charge in [-0.2, -0.15) is 0 Å². The maximum Gasteiger partial charge on any atom is 0.165 e. The van der Waals surface area contributed by atoms with E-state index in [4.69, 9.17) is 0 Å². The molecule has 0 fully saturated rings. The van der Waals surface area contributed by atoms with Crippen LogP contribution in [0.1, 0.15) is 36.5 Å². The highest BCUT2D eigenvalue weighted by molar-refractivity contribution is 5.41. The van der Waals surface area contributed by atoms with Gasteiger partial charge in [0.05, 0.1) is 0 Å². The zero-order chi connectivity index (χ0) is 15.9. The van der Waals surface area contributed by atoms with Crippen LogP contribution >= 0.6 is 0 Å². The highest BCUT2D eigenvalue weighted by atomic mass is 19.1. The van der Waals surface area contributed by atoms with Crippen LogP contribution in [0.5, 0.6) is 11.5 Å². The number of benzene rings is 2. The Balaban J connectivity index is 2.06. The van der Waals surface area contributed by atoms with Crippen molar-refractivity contribution in [3.8, 4) is 11.5 Å². The number of phenols is 2. The molecule has 2 N–H and O–H groups in total. The monoisotopic (exact) mass is 304 g/mol. The van der Waals surface area contributed by atoms with Crippen molar-refractivity contribution in [3.63, 3.8) is 0 Å². The van der Waals surface area contributed by atoms with Crippen molar-refractivity contribution in [2.75, 3.05) is 0 Å². The van der Waals surface area contributed by atoms with Crippen molar-refractivity contribution in [3.05, 3.63) is 58.7 Å². The van der Waals surface area contributed by atoms with Crippen LogP contribution in [0.25, 0.3) is 0 Å². The van der Waals surface area contributed by atoms with Gasteiger partial charge in [0.25, 0.3) is 0 Å². The van der Waals surface area contributed by atoms with E-state index in [9.17, 15) is 19.0 Å². The van der Waals surface area contributed by atoms with E-state index in [-0.39, 0.29) is 5.75 Å². The number of phenolic OH excluding ortho intramolecular Hbond substituents is 2. The van der Waals surface area contributed by atoms with E-state index >= 15 is 0 Å². The van der Waals surface area contributed by atoms with Gasteiger partial charge in [-0.25, -0.2) is 8.78 Å². The molecule has 0 amide bonds. The van der Waals surface area contributed by atoms with Gasteiger partial charge >= 0.3 is 0 Å². The summed E-state index contributed by atoms with van der Waals surface area (Å²) in [6.07, 6.45) is 2.92. The molecule has 0 spiro atoms. The molecule has 0 saturated carbocycles. The molecule has 2 aromatic rings. The summed E-state index contributed by atoms with van der Waals surface area (Å²) < 4.78 is 28.0. The second kappa shape index (κ2) is 5.27. The fraction of sp³-hybridized carbons (Fsp3) is 0.333. The number of aryl methyl sites for hydroxylation is 1. The molecule has 0 radical (unpaired) electrons. The van der Waals surface area contributed by atoms with Gasteiger partial charge in [-0.3, -0.25) is 0 Å². The van der Waals surface area contributed by atoms with Crippen LogP contribution in [-0.2, 0) is 18.3 Å². The molecule has 116 valence electrons. The third-order valence-electron chi connectivity index (χ3n) is 4.63. The molecule has 3 rings (SSSR count). The summed E-state index contributed by atoms with van der Waals surface area (Å²) in [5.74, 6) is -1.82. The Morgan fingerprint density at radius 3 is 2.55 bits per heavy atom. The van der Waals surface area contributed by atoms with Crippen molar-refractivity contribution < 1.29 is 19.0 Å². The Hall–Kier alpha value is -2.10. The Morgan fingerprint density at radius 2 is 1.77 bits per heavy atom. The quantitative estimate of drug-likeness (QED) is 0.775. The van der Waals surface area contributed by atoms with Crippen molar-refractivity contribution in [2.24, 2.45) is 0 Å². The predicted octanol–water partition coefficient (Wildman–Crippen LogP) is 4.21. The summed E-state index contributed by atoms with van der Waals surface area (Å²) in [6, 6.07) is 7.17. The first kappa shape index (κ1) is 14.8. The lowest BCUT2D eigenvalue weighted by molar-refractivity contribution is 0.390. The van der Waals surface area contributed by atoms with Crippen LogP contribution in [0.3, 0.4) is 0 Å². The van der Waals surface area contributed by atoms with Gasteiger partial charge in [0, 0.05) is 6.07 Å². The Morgan fingerprint density at radius 1 is 1.00 bits per heavy atom. The lowest BCUT2D eigenvalue weighted by Crippen LogP contribution is -2.26. The van der Waals surface area contributed by atoms with Crippen molar-refractivity contribution in [1.82, 2.24) is 0 Å². The van der Waals surface area contributed by atoms with Gasteiger partial charge in [-0.1, -0.05) is 13.0 Å². The average Bonchev–Trinajstić information content (AvgIpc) is 2.61. The first-order chi connectivity index (χ1) is 10.4. The maximum atomic E-state index is 14.3. The van der Waals surface area contributed by atoms with Crippen LogP contribution in [0.15, 0.2) is 30.3 Å². The van der Waals surface area contributed by atoms with Gasteiger partial charge in [-0.15, -0.1) is 0 Å². The van der Waals surface area contributed by atoms with E-state index in [0.29, 0.717) is 18.4 Å². The summed E-state index contributed by atoms with van der Waals surface area (Å²) in [6.45, 7) is 1.92. The zero-order valence-corrected chi connectivity index (χ0v) is 12.4. The van der Waals surface area contributed by atoms with E-state index in [2.05, 4.69) is 0 Å². The number of rotatable bonds is 1. The predicted molar refractivity (Wildman–Crippen MR) is 80.1 cm³/mol. The molecule has 22 heavy (non-hydrogen) atoms. The molecule has 0 bridgehead atoms. The second-order valence-corrected chi connectivity index (χ2v) is 6.33. The minimum atomic E-state index is -0.798. The van der Waals surface area contributed by atoms with Crippen molar-refractivity contribution in [1.29, 1.82) is 0 Å². The molecule has 1 atom stereocenters. The van der Waals surface area contributed by atoms with Gasteiger partial charge in [-0.05, 0) is 66.0 Å². The molecule has 1 unspecified atom stereocenters. The van der Waals surface area contributed by atoms with Crippen LogP contribution in [0.4, 0.5) is 8.78 Å². The summed E-state index contributed by atoms with van der Waals surface area (Å²) in [4.78, 5) is 0. The molecule has 1 aliphatic carbocycles. The Bertz CT molecular complexity index is 727.